The molecule has 1 amide bonds. The number of alkyl halides is 1. The zero-order valence-electron chi connectivity index (χ0n) is 15.8. The van der Waals surface area contributed by atoms with E-state index in [2.05, 4.69) is 15.3 Å². The van der Waals surface area contributed by atoms with Crippen molar-refractivity contribution in [3.8, 4) is 0 Å². The molecule has 7 nitrogen and oxygen atoms in total. The Labute approximate surface area is 159 Å². The molecule has 0 unspecified atom stereocenters. The summed E-state index contributed by atoms with van der Waals surface area (Å²) in [5.41, 5.74) is 0.0289. The minimum Gasteiger partial charge on any atom is -0.399 e. The summed E-state index contributed by atoms with van der Waals surface area (Å²) in [6.07, 6.45) is 4.42. The predicted molar refractivity (Wildman–Crippen MR) is 102 cm³/mol. The van der Waals surface area contributed by atoms with Crippen molar-refractivity contribution in [2.45, 2.75) is 45.3 Å². The monoisotopic (exact) mass is 380 g/mol. The topological polar surface area (TPSA) is 76.6 Å². The summed E-state index contributed by atoms with van der Waals surface area (Å²) in [6, 6.07) is 0. The van der Waals surface area contributed by atoms with E-state index < -0.39 is 7.12 Å². The van der Waals surface area contributed by atoms with Gasteiger partial charge in [-0.3, -0.25) is 4.79 Å². The summed E-state index contributed by atoms with van der Waals surface area (Å²) in [4.78, 5) is 22.2. The largest absolute Gasteiger partial charge is 0.498 e. The van der Waals surface area contributed by atoms with E-state index in [1.165, 1.54) is 0 Å². The van der Waals surface area contributed by atoms with Gasteiger partial charge in [-0.05, 0) is 40.0 Å². The minimum absolute atomic E-state index is 0.00261. The summed E-state index contributed by atoms with van der Waals surface area (Å²) in [5.74, 6) is 0.988. The van der Waals surface area contributed by atoms with Crippen LogP contribution < -0.4 is 10.8 Å². The maximum absolute atomic E-state index is 11.6. The number of likely N-dealkylation sites (tertiary alicyclic amines) is 1. The maximum Gasteiger partial charge on any atom is 0.498 e. The quantitative estimate of drug-likeness (QED) is 0.612. The highest BCUT2D eigenvalue weighted by atomic mass is 35.5. The molecule has 0 aliphatic carbocycles. The highest BCUT2D eigenvalue weighted by Gasteiger charge is 2.51. The van der Waals surface area contributed by atoms with Gasteiger partial charge in [-0.2, -0.15) is 0 Å². The Morgan fingerprint density at radius 2 is 1.92 bits per heavy atom. The van der Waals surface area contributed by atoms with Gasteiger partial charge in [0.2, 0.25) is 11.9 Å². The number of amides is 1. The highest BCUT2D eigenvalue weighted by molar-refractivity contribution is 6.61. The molecule has 0 bridgehead atoms. The summed E-state index contributed by atoms with van der Waals surface area (Å²) in [7, 11) is -0.459. The first kappa shape index (κ1) is 19.4. The molecule has 2 fully saturated rings. The average molecular weight is 381 g/mol. The smallest absolute Gasteiger partial charge is 0.399 e. The van der Waals surface area contributed by atoms with Crippen molar-refractivity contribution in [1.29, 1.82) is 0 Å². The Hall–Kier alpha value is -1.38. The number of hydrogen-bond acceptors (Lipinski definition) is 6. The van der Waals surface area contributed by atoms with E-state index in [0.29, 0.717) is 11.9 Å². The maximum atomic E-state index is 11.6. The molecule has 26 heavy (non-hydrogen) atoms. The molecule has 2 aliphatic heterocycles. The third-order valence-corrected chi connectivity index (χ3v) is 5.73. The van der Waals surface area contributed by atoms with Crippen molar-refractivity contribution in [3.63, 3.8) is 0 Å². The van der Waals surface area contributed by atoms with Crippen LogP contribution in [0.15, 0.2) is 12.4 Å². The van der Waals surface area contributed by atoms with Crippen molar-refractivity contribution < 1.29 is 14.1 Å². The van der Waals surface area contributed by atoms with E-state index in [1.54, 1.807) is 12.4 Å². The fourth-order valence-electron chi connectivity index (χ4n) is 3.08. The number of nitrogens with one attached hydrogen (secondary N) is 1. The molecule has 9 heteroatoms. The molecule has 0 aromatic carbocycles. The Morgan fingerprint density at radius 1 is 1.31 bits per heavy atom. The van der Waals surface area contributed by atoms with E-state index in [0.717, 1.165) is 31.5 Å². The molecule has 0 saturated carbocycles. The second-order valence-electron chi connectivity index (χ2n) is 7.94. The lowest BCUT2D eigenvalue weighted by Crippen LogP contribution is -2.41. The van der Waals surface area contributed by atoms with Gasteiger partial charge in [-0.1, -0.05) is 0 Å². The molecule has 0 spiro atoms. The van der Waals surface area contributed by atoms with Crippen molar-refractivity contribution in [2.75, 3.05) is 30.8 Å². The van der Waals surface area contributed by atoms with Crippen LogP contribution in [0.2, 0.25) is 0 Å². The number of carbonyl (C=O) groups excluding carboxylic acids is 1. The highest BCUT2D eigenvalue weighted by Crippen LogP contribution is 2.36. The SMILES string of the molecule is CC1(C)OB(c2cnc(NC[C@@H]3CCN(C(=O)CCl)C3)nc2)OC1(C)C. The molecule has 3 heterocycles. The summed E-state index contributed by atoms with van der Waals surface area (Å²) < 4.78 is 12.0. The second kappa shape index (κ2) is 7.33. The number of aromatic nitrogens is 2. The van der Waals surface area contributed by atoms with Crippen LogP contribution in [0.25, 0.3) is 0 Å². The Kier molecular flexibility index (Phi) is 5.46. The normalized spacial score (nSPS) is 24.1. The van der Waals surface area contributed by atoms with Crippen LogP contribution in [0.4, 0.5) is 5.95 Å². The fraction of sp³-hybridized carbons (Fsp3) is 0.706. The molecule has 1 N–H and O–H groups in total. The molecule has 0 radical (unpaired) electrons. The number of carbonyl (C=O) groups is 1. The van der Waals surface area contributed by atoms with Crippen LogP contribution in [0.5, 0.6) is 0 Å². The van der Waals surface area contributed by atoms with Gasteiger partial charge in [0.1, 0.15) is 5.88 Å². The van der Waals surface area contributed by atoms with Gasteiger partial charge in [0.05, 0.1) is 11.2 Å². The van der Waals surface area contributed by atoms with Gasteiger partial charge in [0.15, 0.2) is 0 Å². The van der Waals surface area contributed by atoms with Crippen LogP contribution in [-0.4, -0.2) is 64.6 Å². The van der Waals surface area contributed by atoms with Crippen LogP contribution in [0.1, 0.15) is 34.1 Å². The second-order valence-corrected chi connectivity index (χ2v) is 8.20. The third kappa shape index (κ3) is 3.97. The molecule has 1 aromatic rings. The Bertz CT molecular complexity index is 640. The number of hydrogen-bond donors (Lipinski definition) is 1. The molecular weight excluding hydrogens is 354 g/mol. The number of rotatable bonds is 5. The zero-order valence-corrected chi connectivity index (χ0v) is 16.5. The molecule has 1 atom stereocenters. The molecule has 1 aromatic heterocycles. The molecule has 2 aliphatic rings. The van der Waals surface area contributed by atoms with Gasteiger partial charge in [-0.25, -0.2) is 9.97 Å². The zero-order chi connectivity index (χ0) is 18.9. The number of nitrogens with zero attached hydrogens (tertiary/aromatic N) is 3. The van der Waals surface area contributed by atoms with Crippen LogP contribution in [0.3, 0.4) is 0 Å². The van der Waals surface area contributed by atoms with Crippen LogP contribution >= 0.6 is 11.6 Å². The Morgan fingerprint density at radius 3 is 2.50 bits per heavy atom. The summed E-state index contributed by atoms with van der Waals surface area (Å²) in [5, 5.41) is 3.24. The van der Waals surface area contributed by atoms with Gasteiger partial charge in [0.25, 0.3) is 0 Å². The first-order chi connectivity index (χ1) is 12.2. The number of anilines is 1. The van der Waals surface area contributed by atoms with Crippen LogP contribution in [-0.2, 0) is 14.1 Å². The first-order valence-corrected chi connectivity index (χ1v) is 9.50. The minimum atomic E-state index is -0.459. The summed E-state index contributed by atoms with van der Waals surface area (Å²) in [6.45, 7) is 10.3. The lowest BCUT2D eigenvalue weighted by atomic mass is 9.81. The van der Waals surface area contributed by atoms with Crippen molar-refractivity contribution in [2.24, 2.45) is 5.92 Å². The molecule has 2 saturated heterocycles. The predicted octanol–water partition coefficient (Wildman–Crippen LogP) is 1.27. The molecule has 142 valence electrons. The lowest BCUT2D eigenvalue weighted by Gasteiger charge is -2.32. The average Bonchev–Trinajstić information content (AvgIpc) is 3.15. The van der Waals surface area contributed by atoms with Crippen LogP contribution in [0, 0.1) is 5.92 Å². The lowest BCUT2D eigenvalue weighted by molar-refractivity contribution is -0.127. The van der Waals surface area contributed by atoms with Gasteiger partial charge in [-0.15, -0.1) is 11.6 Å². The van der Waals surface area contributed by atoms with Gasteiger partial charge < -0.3 is 19.5 Å². The van der Waals surface area contributed by atoms with E-state index in [1.807, 2.05) is 32.6 Å². The van der Waals surface area contributed by atoms with Gasteiger partial charge >= 0.3 is 7.12 Å². The fourth-order valence-corrected chi connectivity index (χ4v) is 3.25. The molecule has 3 rings (SSSR count). The van der Waals surface area contributed by atoms with Crippen molar-refractivity contribution in [3.05, 3.63) is 12.4 Å². The van der Waals surface area contributed by atoms with Gasteiger partial charge in [0, 0.05) is 37.5 Å². The molecular formula is C17H26BClN4O3. The van der Waals surface area contributed by atoms with E-state index in [4.69, 9.17) is 20.9 Å². The van der Waals surface area contributed by atoms with E-state index in [-0.39, 0.29) is 23.0 Å². The first-order valence-electron chi connectivity index (χ1n) is 8.97. The summed E-state index contributed by atoms with van der Waals surface area (Å²) >= 11 is 5.61. The third-order valence-electron chi connectivity index (χ3n) is 5.50. The van der Waals surface area contributed by atoms with E-state index >= 15 is 0 Å². The van der Waals surface area contributed by atoms with E-state index in [9.17, 15) is 4.79 Å². The Balaban J connectivity index is 1.52. The van der Waals surface area contributed by atoms with Crippen molar-refractivity contribution in [1.82, 2.24) is 14.9 Å². The standard InChI is InChI=1S/C17H26BClN4O3/c1-16(2)17(3,4)26-18(25-16)13-9-21-15(22-10-13)20-8-12-5-6-23(11-12)14(24)7-19/h9-10,12H,5-8,11H2,1-4H3,(H,20,21,22)/t12-/m0/s1. The van der Waals surface area contributed by atoms with Crippen molar-refractivity contribution >= 4 is 36.0 Å². The number of halogens is 1.